The summed E-state index contributed by atoms with van der Waals surface area (Å²) in [5.41, 5.74) is -0.0547. The number of carbonyl (C=O) groups is 1. The molecule has 3 rings (SSSR count). The van der Waals surface area contributed by atoms with E-state index in [1.807, 2.05) is 9.80 Å². The molecule has 1 aliphatic carbocycles. The number of amides is 1. The first-order valence-electron chi connectivity index (χ1n) is 9.25. The van der Waals surface area contributed by atoms with Crippen LogP contribution in [0.15, 0.2) is 24.3 Å². The summed E-state index contributed by atoms with van der Waals surface area (Å²) in [4.78, 5) is 16.2. The van der Waals surface area contributed by atoms with Crippen LogP contribution in [-0.2, 0) is 11.0 Å². The fourth-order valence-corrected chi connectivity index (χ4v) is 4.83. The molecule has 1 saturated heterocycles. The Morgan fingerprint density at radius 2 is 1.77 bits per heavy atom. The van der Waals surface area contributed by atoms with Gasteiger partial charge >= 0.3 is 6.18 Å². The van der Waals surface area contributed by atoms with E-state index < -0.39 is 11.7 Å². The maximum absolute atomic E-state index is 12.9. The minimum atomic E-state index is -4.33. The molecular formula is C19H25F3N2OS. The zero-order chi connectivity index (χ0) is 18.6. The zero-order valence-corrected chi connectivity index (χ0v) is 15.6. The van der Waals surface area contributed by atoms with Crippen LogP contribution in [0.25, 0.3) is 0 Å². The van der Waals surface area contributed by atoms with E-state index in [9.17, 15) is 18.0 Å². The zero-order valence-electron chi connectivity index (χ0n) is 14.8. The highest BCUT2D eigenvalue weighted by Crippen LogP contribution is 2.32. The molecule has 0 spiro atoms. The van der Waals surface area contributed by atoms with Crippen molar-refractivity contribution in [1.82, 2.24) is 4.90 Å². The third-order valence-electron chi connectivity index (χ3n) is 5.17. The molecule has 1 heterocycles. The van der Waals surface area contributed by atoms with Gasteiger partial charge in [-0.15, -0.1) is 11.8 Å². The number of carbonyl (C=O) groups excluding carboxylic acids is 1. The Morgan fingerprint density at radius 3 is 2.42 bits per heavy atom. The molecular weight excluding hydrogens is 361 g/mol. The lowest BCUT2D eigenvalue weighted by Gasteiger charge is -2.36. The Balaban J connectivity index is 1.48. The summed E-state index contributed by atoms with van der Waals surface area (Å²) in [6.45, 7) is 2.28. The summed E-state index contributed by atoms with van der Waals surface area (Å²) in [5.74, 6) is 0.679. The van der Waals surface area contributed by atoms with Gasteiger partial charge in [-0.05, 0) is 31.0 Å². The normalized spacial score (nSPS) is 19.7. The molecule has 1 aromatic carbocycles. The Bertz CT molecular complexity index is 609. The largest absolute Gasteiger partial charge is 0.416 e. The van der Waals surface area contributed by atoms with Gasteiger partial charge in [0, 0.05) is 37.1 Å². The number of hydrogen-bond donors (Lipinski definition) is 0. The number of rotatable bonds is 4. The van der Waals surface area contributed by atoms with E-state index in [2.05, 4.69) is 0 Å². The molecule has 2 aliphatic rings. The van der Waals surface area contributed by atoms with Crippen molar-refractivity contribution in [3.05, 3.63) is 29.8 Å². The van der Waals surface area contributed by atoms with Gasteiger partial charge in [0.05, 0.1) is 11.3 Å². The number of benzene rings is 1. The van der Waals surface area contributed by atoms with Crippen molar-refractivity contribution >= 4 is 23.4 Å². The number of halogens is 3. The van der Waals surface area contributed by atoms with Crippen LogP contribution < -0.4 is 4.90 Å². The molecule has 0 atom stereocenters. The summed E-state index contributed by atoms with van der Waals surface area (Å²) in [5, 5.41) is 0.610. The van der Waals surface area contributed by atoms with E-state index in [4.69, 9.17) is 0 Å². The number of alkyl halides is 3. The van der Waals surface area contributed by atoms with Gasteiger partial charge in [-0.3, -0.25) is 4.79 Å². The van der Waals surface area contributed by atoms with Crippen LogP contribution in [-0.4, -0.2) is 48.0 Å². The molecule has 0 radical (unpaired) electrons. The first-order valence-corrected chi connectivity index (χ1v) is 10.3. The highest BCUT2D eigenvalue weighted by molar-refractivity contribution is 8.00. The van der Waals surface area contributed by atoms with Crippen molar-refractivity contribution in [2.75, 3.05) is 36.8 Å². The molecule has 1 aromatic rings. The van der Waals surface area contributed by atoms with E-state index in [1.165, 1.54) is 44.2 Å². The van der Waals surface area contributed by atoms with Crippen molar-refractivity contribution < 1.29 is 18.0 Å². The van der Waals surface area contributed by atoms with Gasteiger partial charge in [0.15, 0.2) is 0 Å². The smallest absolute Gasteiger partial charge is 0.368 e. The van der Waals surface area contributed by atoms with Crippen LogP contribution in [0.1, 0.15) is 37.7 Å². The molecule has 1 saturated carbocycles. The number of thioether (sulfide) groups is 1. The van der Waals surface area contributed by atoms with Crippen LogP contribution in [0.5, 0.6) is 0 Å². The Hall–Kier alpha value is -1.37. The maximum atomic E-state index is 12.9. The van der Waals surface area contributed by atoms with Crippen LogP contribution >= 0.6 is 11.8 Å². The second-order valence-corrected chi connectivity index (χ2v) is 8.28. The summed E-state index contributed by atoms with van der Waals surface area (Å²) in [6, 6.07) is 5.42. The van der Waals surface area contributed by atoms with E-state index in [1.54, 1.807) is 17.8 Å². The summed E-state index contributed by atoms with van der Waals surface area (Å²) in [7, 11) is 0. The average molecular weight is 386 g/mol. The number of anilines is 1. The molecule has 0 aromatic heterocycles. The molecule has 0 bridgehead atoms. The molecule has 0 N–H and O–H groups in total. The van der Waals surface area contributed by atoms with E-state index >= 15 is 0 Å². The van der Waals surface area contributed by atoms with E-state index in [0.29, 0.717) is 42.9 Å². The molecule has 2 fully saturated rings. The number of piperazine rings is 1. The van der Waals surface area contributed by atoms with Crippen LogP contribution in [0.4, 0.5) is 18.9 Å². The van der Waals surface area contributed by atoms with Gasteiger partial charge in [-0.2, -0.15) is 13.2 Å². The quantitative estimate of drug-likeness (QED) is 0.765. The fourth-order valence-electron chi connectivity index (χ4n) is 3.61. The maximum Gasteiger partial charge on any atom is 0.416 e. The molecule has 0 unspecified atom stereocenters. The van der Waals surface area contributed by atoms with Crippen LogP contribution in [0, 0.1) is 0 Å². The van der Waals surface area contributed by atoms with Crippen molar-refractivity contribution in [2.24, 2.45) is 0 Å². The minimum Gasteiger partial charge on any atom is -0.368 e. The molecule has 7 heteroatoms. The van der Waals surface area contributed by atoms with Gasteiger partial charge in [0.2, 0.25) is 5.91 Å². The summed E-state index contributed by atoms with van der Waals surface area (Å²) < 4.78 is 38.6. The average Bonchev–Trinajstić information content (AvgIpc) is 2.66. The van der Waals surface area contributed by atoms with Crippen LogP contribution in [0.3, 0.4) is 0 Å². The predicted molar refractivity (Wildman–Crippen MR) is 99.6 cm³/mol. The van der Waals surface area contributed by atoms with Crippen molar-refractivity contribution in [1.29, 1.82) is 0 Å². The SMILES string of the molecule is O=C(CSC1CCCCC1)N1CCN(c2cccc(C(F)(F)F)c2)CC1. The Kier molecular flexibility index (Phi) is 6.37. The minimum absolute atomic E-state index is 0.157. The van der Waals surface area contributed by atoms with Gasteiger partial charge in [0.25, 0.3) is 0 Å². The van der Waals surface area contributed by atoms with Gasteiger partial charge in [0.1, 0.15) is 0 Å². The van der Waals surface area contributed by atoms with Gasteiger partial charge in [-0.1, -0.05) is 25.3 Å². The Labute approximate surface area is 156 Å². The van der Waals surface area contributed by atoms with Crippen molar-refractivity contribution in [2.45, 2.75) is 43.5 Å². The number of nitrogens with zero attached hydrogens (tertiary/aromatic N) is 2. The third kappa shape index (κ3) is 5.09. The lowest BCUT2D eigenvalue weighted by atomic mass is 10.0. The standard InChI is InChI=1S/C19H25F3N2OS/c20-19(21,22)15-5-4-6-16(13-15)23-9-11-24(12-10-23)18(25)14-26-17-7-2-1-3-8-17/h4-6,13,17H,1-3,7-12,14H2. The second-order valence-electron chi connectivity index (χ2n) is 6.99. The van der Waals surface area contributed by atoms with Crippen molar-refractivity contribution in [3.63, 3.8) is 0 Å². The topological polar surface area (TPSA) is 23.6 Å². The first kappa shape index (κ1) is 19.4. The van der Waals surface area contributed by atoms with Gasteiger partial charge in [-0.25, -0.2) is 0 Å². The third-order valence-corrected chi connectivity index (χ3v) is 6.52. The fraction of sp³-hybridized carbons (Fsp3) is 0.632. The highest BCUT2D eigenvalue weighted by atomic mass is 32.2. The molecule has 26 heavy (non-hydrogen) atoms. The van der Waals surface area contributed by atoms with E-state index in [0.717, 1.165) is 6.07 Å². The molecule has 3 nitrogen and oxygen atoms in total. The van der Waals surface area contributed by atoms with Gasteiger partial charge < -0.3 is 9.80 Å². The lowest BCUT2D eigenvalue weighted by Crippen LogP contribution is -2.49. The number of hydrogen-bond acceptors (Lipinski definition) is 3. The highest BCUT2D eigenvalue weighted by Gasteiger charge is 2.31. The monoisotopic (exact) mass is 386 g/mol. The molecule has 1 amide bonds. The second kappa shape index (κ2) is 8.55. The predicted octanol–water partition coefficient (Wildman–Crippen LogP) is 4.42. The summed E-state index contributed by atoms with van der Waals surface area (Å²) in [6.07, 6.45) is 1.93. The van der Waals surface area contributed by atoms with E-state index in [-0.39, 0.29) is 5.91 Å². The Morgan fingerprint density at radius 1 is 1.08 bits per heavy atom. The van der Waals surface area contributed by atoms with Crippen LogP contribution in [0.2, 0.25) is 0 Å². The van der Waals surface area contributed by atoms with Crippen molar-refractivity contribution in [3.8, 4) is 0 Å². The first-order chi connectivity index (χ1) is 12.4. The molecule has 144 valence electrons. The lowest BCUT2D eigenvalue weighted by molar-refractivity contribution is -0.137. The molecule has 1 aliphatic heterocycles. The summed E-state index contributed by atoms with van der Waals surface area (Å²) >= 11 is 1.77.